The summed E-state index contributed by atoms with van der Waals surface area (Å²) in [4.78, 5) is 0.279. The fourth-order valence-corrected chi connectivity index (χ4v) is 4.51. The molecule has 5 nitrogen and oxygen atoms in total. The van der Waals surface area contributed by atoms with Crippen LogP contribution in [0.3, 0.4) is 0 Å². The van der Waals surface area contributed by atoms with Crippen LogP contribution in [0, 0.1) is 0 Å². The second kappa shape index (κ2) is 6.84. The summed E-state index contributed by atoms with van der Waals surface area (Å²) < 4.78 is 28.8. The topological polar surface area (TPSA) is 55.2 Å². The lowest BCUT2D eigenvalue weighted by atomic mass is 9.96. The molecule has 6 heteroatoms. The summed E-state index contributed by atoms with van der Waals surface area (Å²) in [7, 11) is -1.77. The van der Waals surface area contributed by atoms with Crippen LogP contribution in [0.1, 0.15) is 37.7 Å². The molecule has 3 rings (SSSR count). The third-order valence-corrected chi connectivity index (χ3v) is 6.43. The van der Waals surface area contributed by atoms with Crippen molar-refractivity contribution in [2.45, 2.75) is 49.6 Å². The first-order valence-electron chi connectivity index (χ1n) is 8.12. The molecular weight excluding hydrogens is 310 g/mol. The van der Waals surface area contributed by atoms with Crippen molar-refractivity contribution >= 4 is 10.0 Å². The summed E-state index contributed by atoms with van der Waals surface area (Å²) in [6, 6.07) is 10.0. The Balaban J connectivity index is 1.75. The predicted octanol–water partition coefficient (Wildman–Crippen LogP) is 2.88. The first-order valence-corrected chi connectivity index (χ1v) is 9.56. The molecule has 1 saturated carbocycles. The van der Waals surface area contributed by atoms with Crippen molar-refractivity contribution in [3.63, 3.8) is 0 Å². The standard InChI is InChI=1S/C17H23N3O2S/c1-19(16-10-6-3-7-11-16)23(21,22)17-12-18-20(14-17)13-15-8-4-2-5-9-15/h2,4-5,8-9,12,14,16H,3,6-7,10-11,13H2,1H3. The minimum Gasteiger partial charge on any atom is -0.267 e. The van der Waals surface area contributed by atoms with Gasteiger partial charge in [0.25, 0.3) is 0 Å². The summed E-state index contributed by atoms with van der Waals surface area (Å²) in [6.45, 7) is 0.573. The zero-order chi connectivity index (χ0) is 16.3. The SMILES string of the molecule is CN(C1CCCCC1)S(=O)(=O)c1cnn(Cc2ccccc2)c1. The fourth-order valence-electron chi connectivity index (χ4n) is 3.14. The van der Waals surface area contributed by atoms with Crippen LogP contribution in [0.15, 0.2) is 47.6 Å². The predicted molar refractivity (Wildman–Crippen MR) is 89.6 cm³/mol. The highest BCUT2D eigenvalue weighted by Crippen LogP contribution is 2.26. The van der Waals surface area contributed by atoms with Gasteiger partial charge in [0.2, 0.25) is 10.0 Å². The molecule has 1 aromatic heterocycles. The molecule has 124 valence electrons. The number of sulfonamides is 1. The van der Waals surface area contributed by atoms with E-state index in [2.05, 4.69) is 5.10 Å². The van der Waals surface area contributed by atoms with E-state index >= 15 is 0 Å². The van der Waals surface area contributed by atoms with E-state index in [1.54, 1.807) is 17.9 Å². The number of rotatable bonds is 5. The summed E-state index contributed by atoms with van der Waals surface area (Å²) in [5.41, 5.74) is 1.10. The monoisotopic (exact) mass is 333 g/mol. The van der Waals surface area contributed by atoms with Gasteiger partial charge in [-0.05, 0) is 18.4 Å². The molecule has 1 aromatic carbocycles. The summed E-state index contributed by atoms with van der Waals surface area (Å²) in [5.74, 6) is 0. The summed E-state index contributed by atoms with van der Waals surface area (Å²) in [5, 5.41) is 4.22. The molecule has 0 bridgehead atoms. The number of nitrogens with zero attached hydrogens (tertiary/aromatic N) is 3. The van der Waals surface area contributed by atoms with Crippen LogP contribution in [0.25, 0.3) is 0 Å². The Morgan fingerprint density at radius 3 is 2.57 bits per heavy atom. The van der Waals surface area contributed by atoms with Crippen LogP contribution in [0.4, 0.5) is 0 Å². The highest BCUT2D eigenvalue weighted by molar-refractivity contribution is 7.89. The van der Waals surface area contributed by atoms with E-state index in [0.717, 1.165) is 31.2 Å². The van der Waals surface area contributed by atoms with E-state index in [9.17, 15) is 8.42 Å². The molecule has 1 aliphatic rings. The van der Waals surface area contributed by atoms with Gasteiger partial charge in [-0.3, -0.25) is 4.68 Å². The Labute approximate surface area is 138 Å². The molecule has 0 radical (unpaired) electrons. The van der Waals surface area contributed by atoms with Crippen molar-refractivity contribution in [1.29, 1.82) is 0 Å². The highest BCUT2D eigenvalue weighted by atomic mass is 32.2. The molecule has 0 unspecified atom stereocenters. The Bertz CT molecular complexity index is 734. The van der Waals surface area contributed by atoms with E-state index in [-0.39, 0.29) is 10.9 Å². The van der Waals surface area contributed by atoms with Gasteiger partial charge >= 0.3 is 0 Å². The van der Waals surface area contributed by atoms with E-state index in [1.165, 1.54) is 16.9 Å². The number of hydrogen-bond donors (Lipinski definition) is 0. The van der Waals surface area contributed by atoms with Crippen molar-refractivity contribution in [2.75, 3.05) is 7.05 Å². The van der Waals surface area contributed by atoms with Gasteiger partial charge in [0.15, 0.2) is 0 Å². The van der Waals surface area contributed by atoms with Gasteiger partial charge in [-0.1, -0.05) is 49.6 Å². The van der Waals surface area contributed by atoms with E-state index in [4.69, 9.17) is 0 Å². The molecule has 1 fully saturated rings. The second-order valence-corrected chi connectivity index (χ2v) is 8.17. The largest absolute Gasteiger partial charge is 0.267 e. The highest BCUT2D eigenvalue weighted by Gasteiger charge is 2.29. The number of hydrogen-bond acceptors (Lipinski definition) is 3. The van der Waals surface area contributed by atoms with Crippen LogP contribution < -0.4 is 0 Å². The zero-order valence-electron chi connectivity index (χ0n) is 13.4. The van der Waals surface area contributed by atoms with E-state index in [1.807, 2.05) is 30.3 Å². The van der Waals surface area contributed by atoms with Gasteiger partial charge in [0, 0.05) is 19.3 Å². The normalized spacial score (nSPS) is 16.8. The van der Waals surface area contributed by atoms with Crippen molar-refractivity contribution in [3.8, 4) is 0 Å². The number of benzene rings is 1. The lowest BCUT2D eigenvalue weighted by Gasteiger charge is -2.29. The molecule has 0 N–H and O–H groups in total. The maximum Gasteiger partial charge on any atom is 0.246 e. The van der Waals surface area contributed by atoms with Crippen molar-refractivity contribution in [2.24, 2.45) is 0 Å². The second-order valence-electron chi connectivity index (χ2n) is 6.17. The van der Waals surface area contributed by atoms with Crippen LogP contribution in [-0.4, -0.2) is 35.6 Å². The average molecular weight is 333 g/mol. The minimum absolute atomic E-state index is 0.117. The third kappa shape index (κ3) is 3.64. The molecule has 1 heterocycles. The molecule has 2 aromatic rings. The summed E-state index contributed by atoms with van der Waals surface area (Å²) >= 11 is 0. The molecule has 0 amide bonds. The molecule has 0 aliphatic heterocycles. The van der Waals surface area contributed by atoms with E-state index < -0.39 is 10.0 Å². The maximum absolute atomic E-state index is 12.8. The maximum atomic E-state index is 12.8. The molecule has 23 heavy (non-hydrogen) atoms. The summed E-state index contributed by atoms with van der Waals surface area (Å²) in [6.07, 6.45) is 8.41. The average Bonchev–Trinajstić information content (AvgIpc) is 3.05. The van der Waals surface area contributed by atoms with Crippen LogP contribution in [0.5, 0.6) is 0 Å². The molecule has 1 aliphatic carbocycles. The van der Waals surface area contributed by atoms with Gasteiger partial charge in [-0.25, -0.2) is 8.42 Å². The quantitative estimate of drug-likeness (QED) is 0.845. The smallest absolute Gasteiger partial charge is 0.246 e. The van der Waals surface area contributed by atoms with Gasteiger partial charge in [-0.2, -0.15) is 9.40 Å². The molecule has 0 spiro atoms. The Morgan fingerprint density at radius 1 is 1.17 bits per heavy atom. The molecule has 0 saturated heterocycles. The molecule has 0 atom stereocenters. The van der Waals surface area contributed by atoms with Gasteiger partial charge < -0.3 is 0 Å². The molecular formula is C17H23N3O2S. The third-order valence-electron chi connectivity index (χ3n) is 4.56. The van der Waals surface area contributed by atoms with Gasteiger partial charge in [-0.15, -0.1) is 0 Å². The zero-order valence-corrected chi connectivity index (χ0v) is 14.2. The number of aromatic nitrogens is 2. The van der Waals surface area contributed by atoms with Crippen LogP contribution >= 0.6 is 0 Å². The van der Waals surface area contributed by atoms with E-state index in [0.29, 0.717) is 6.54 Å². The first kappa shape index (κ1) is 16.2. The fraction of sp³-hybridized carbons (Fsp3) is 0.471. The first-order chi connectivity index (χ1) is 11.1. The van der Waals surface area contributed by atoms with Crippen molar-refractivity contribution in [3.05, 3.63) is 48.3 Å². The minimum atomic E-state index is -3.46. The van der Waals surface area contributed by atoms with Crippen LogP contribution in [0.2, 0.25) is 0 Å². The Morgan fingerprint density at radius 2 is 1.87 bits per heavy atom. The van der Waals surface area contributed by atoms with Crippen molar-refractivity contribution in [1.82, 2.24) is 14.1 Å². The van der Waals surface area contributed by atoms with Crippen LogP contribution in [-0.2, 0) is 16.6 Å². The lowest BCUT2D eigenvalue weighted by Crippen LogP contribution is -2.38. The van der Waals surface area contributed by atoms with Crippen molar-refractivity contribution < 1.29 is 8.42 Å². The van der Waals surface area contributed by atoms with Gasteiger partial charge in [0.05, 0.1) is 12.7 Å². The Hall–Kier alpha value is -1.66. The van der Waals surface area contributed by atoms with Gasteiger partial charge in [0.1, 0.15) is 4.90 Å². The lowest BCUT2D eigenvalue weighted by molar-refractivity contribution is 0.286. The Kier molecular flexibility index (Phi) is 4.82.